The molecule has 1 aliphatic rings. The number of nitrogens with zero attached hydrogens (tertiary/aromatic N) is 2. The highest BCUT2D eigenvalue weighted by molar-refractivity contribution is 6.00. The highest BCUT2D eigenvalue weighted by Crippen LogP contribution is 2.26. The predicted molar refractivity (Wildman–Crippen MR) is 67.8 cm³/mol. The number of nitrogens with one attached hydrogen (secondary N) is 2. The fourth-order valence-electron chi connectivity index (χ4n) is 2.46. The van der Waals surface area contributed by atoms with E-state index in [-0.39, 0.29) is 17.9 Å². The first-order valence-corrected chi connectivity index (χ1v) is 6.10. The standard InChI is InChI=1S/C12H15N5O/c13-8-5-4-7(6-8)12(18)14-9-2-1-3-10-11(9)16-17-15-10/h1-3,7-8H,4-6,13H2,(H,14,18)(H,15,16,17)/t7-,8+/m0/s1. The SMILES string of the molecule is N[C@@H]1CC[C@H](C(=O)Nc2cccc3n[nH]nc23)C1. The Bertz CT molecular complexity index is 579. The molecule has 6 nitrogen and oxygen atoms in total. The molecule has 3 rings (SSSR count). The van der Waals surface area contributed by atoms with E-state index in [9.17, 15) is 4.79 Å². The van der Waals surface area contributed by atoms with E-state index in [1.807, 2.05) is 18.2 Å². The van der Waals surface area contributed by atoms with E-state index >= 15 is 0 Å². The van der Waals surface area contributed by atoms with Crippen molar-refractivity contribution in [2.75, 3.05) is 5.32 Å². The van der Waals surface area contributed by atoms with Crippen LogP contribution in [0.5, 0.6) is 0 Å². The number of carbonyl (C=O) groups is 1. The van der Waals surface area contributed by atoms with Gasteiger partial charge in [0, 0.05) is 12.0 Å². The summed E-state index contributed by atoms with van der Waals surface area (Å²) in [7, 11) is 0. The second kappa shape index (κ2) is 4.38. The molecular weight excluding hydrogens is 230 g/mol. The summed E-state index contributed by atoms with van der Waals surface area (Å²) in [5.74, 6) is 0.0422. The van der Waals surface area contributed by atoms with Gasteiger partial charge in [0.15, 0.2) is 0 Å². The number of amides is 1. The van der Waals surface area contributed by atoms with Crippen LogP contribution in [0.4, 0.5) is 5.69 Å². The highest BCUT2D eigenvalue weighted by atomic mass is 16.1. The van der Waals surface area contributed by atoms with Gasteiger partial charge in [-0.05, 0) is 31.4 Å². The van der Waals surface area contributed by atoms with Crippen LogP contribution in [0.3, 0.4) is 0 Å². The van der Waals surface area contributed by atoms with Crippen LogP contribution in [0.25, 0.3) is 11.0 Å². The topological polar surface area (TPSA) is 96.7 Å². The Morgan fingerprint density at radius 2 is 2.28 bits per heavy atom. The number of fused-ring (bicyclic) bond motifs is 1. The summed E-state index contributed by atoms with van der Waals surface area (Å²) in [6.45, 7) is 0. The van der Waals surface area contributed by atoms with Gasteiger partial charge in [-0.15, -0.1) is 0 Å². The monoisotopic (exact) mass is 245 g/mol. The average Bonchev–Trinajstić information content (AvgIpc) is 2.97. The van der Waals surface area contributed by atoms with Gasteiger partial charge in [0.25, 0.3) is 0 Å². The summed E-state index contributed by atoms with van der Waals surface area (Å²) in [4.78, 5) is 12.1. The summed E-state index contributed by atoms with van der Waals surface area (Å²) >= 11 is 0. The fraction of sp³-hybridized carbons (Fsp3) is 0.417. The first-order chi connectivity index (χ1) is 8.74. The van der Waals surface area contributed by atoms with E-state index in [1.54, 1.807) is 0 Å². The van der Waals surface area contributed by atoms with Gasteiger partial charge in [0.2, 0.25) is 5.91 Å². The lowest BCUT2D eigenvalue weighted by atomic mass is 10.1. The van der Waals surface area contributed by atoms with Crippen molar-refractivity contribution in [2.45, 2.75) is 25.3 Å². The molecule has 18 heavy (non-hydrogen) atoms. The van der Waals surface area contributed by atoms with Gasteiger partial charge >= 0.3 is 0 Å². The van der Waals surface area contributed by atoms with Crippen molar-refractivity contribution in [2.24, 2.45) is 11.7 Å². The van der Waals surface area contributed by atoms with Crippen molar-refractivity contribution in [3.8, 4) is 0 Å². The van der Waals surface area contributed by atoms with Crippen molar-refractivity contribution >= 4 is 22.6 Å². The van der Waals surface area contributed by atoms with E-state index in [0.29, 0.717) is 11.2 Å². The molecule has 0 radical (unpaired) electrons. The van der Waals surface area contributed by atoms with Gasteiger partial charge in [-0.25, -0.2) is 0 Å². The van der Waals surface area contributed by atoms with Crippen LogP contribution in [-0.4, -0.2) is 27.4 Å². The molecule has 1 aromatic carbocycles. The summed E-state index contributed by atoms with van der Waals surface area (Å²) in [6.07, 6.45) is 2.55. The first-order valence-electron chi connectivity index (χ1n) is 6.10. The quantitative estimate of drug-likeness (QED) is 0.736. The Morgan fingerprint density at radius 3 is 3.06 bits per heavy atom. The number of nitrogens with two attached hydrogens (primary N) is 1. The molecule has 2 aromatic rings. The average molecular weight is 245 g/mol. The van der Waals surface area contributed by atoms with Crippen LogP contribution >= 0.6 is 0 Å². The third-order valence-corrected chi connectivity index (χ3v) is 3.45. The summed E-state index contributed by atoms with van der Waals surface area (Å²) < 4.78 is 0. The van der Waals surface area contributed by atoms with E-state index in [2.05, 4.69) is 20.7 Å². The minimum absolute atomic E-state index is 0.0159. The molecule has 1 aliphatic carbocycles. The van der Waals surface area contributed by atoms with E-state index in [0.717, 1.165) is 24.8 Å². The number of hydrogen-bond donors (Lipinski definition) is 3. The van der Waals surface area contributed by atoms with Crippen molar-refractivity contribution < 1.29 is 4.79 Å². The van der Waals surface area contributed by atoms with Crippen molar-refractivity contribution in [1.82, 2.24) is 15.4 Å². The third kappa shape index (κ3) is 1.95. The smallest absolute Gasteiger partial charge is 0.227 e. The minimum Gasteiger partial charge on any atom is -0.328 e. The Morgan fingerprint density at radius 1 is 1.39 bits per heavy atom. The molecule has 0 bridgehead atoms. The van der Waals surface area contributed by atoms with Gasteiger partial charge in [-0.2, -0.15) is 15.4 Å². The Kier molecular flexibility index (Phi) is 2.71. The molecular formula is C12H15N5O. The van der Waals surface area contributed by atoms with Crippen LogP contribution in [0.2, 0.25) is 0 Å². The van der Waals surface area contributed by atoms with Crippen molar-refractivity contribution in [3.63, 3.8) is 0 Å². The third-order valence-electron chi connectivity index (χ3n) is 3.45. The van der Waals surface area contributed by atoms with Gasteiger partial charge in [-0.1, -0.05) is 6.07 Å². The minimum atomic E-state index is 0.0159. The number of benzene rings is 1. The van der Waals surface area contributed by atoms with Crippen LogP contribution < -0.4 is 11.1 Å². The number of aromatic amines is 1. The molecule has 0 unspecified atom stereocenters. The van der Waals surface area contributed by atoms with Crippen molar-refractivity contribution in [1.29, 1.82) is 0 Å². The molecule has 94 valence electrons. The second-order valence-corrected chi connectivity index (χ2v) is 4.76. The number of H-pyrrole nitrogens is 1. The molecule has 1 heterocycles. The maximum absolute atomic E-state index is 12.1. The van der Waals surface area contributed by atoms with Gasteiger partial charge in [0.05, 0.1) is 5.69 Å². The van der Waals surface area contributed by atoms with E-state index in [4.69, 9.17) is 5.73 Å². The van der Waals surface area contributed by atoms with Crippen LogP contribution in [0.15, 0.2) is 18.2 Å². The fourth-order valence-corrected chi connectivity index (χ4v) is 2.46. The lowest BCUT2D eigenvalue weighted by Crippen LogP contribution is -2.23. The normalized spacial score (nSPS) is 23.4. The molecule has 6 heteroatoms. The maximum atomic E-state index is 12.1. The molecule has 1 fully saturated rings. The second-order valence-electron chi connectivity index (χ2n) is 4.76. The molecule has 1 aromatic heterocycles. The van der Waals surface area contributed by atoms with Gasteiger partial charge < -0.3 is 11.1 Å². The lowest BCUT2D eigenvalue weighted by Gasteiger charge is -2.10. The number of rotatable bonds is 2. The zero-order chi connectivity index (χ0) is 12.5. The molecule has 1 amide bonds. The summed E-state index contributed by atoms with van der Waals surface area (Å²) in [5.41, 5.74) is 7.96. The number of carbonyl (C=O) groups excluding carboxylic acids is 1. The van der Waals surface area contributed by atoms with Gasteiger partial charge in [-0.3, -0.25) is 4.79 Å². The molecule has 0 saturated heterocycles. The number of aromatic nitrogens is 3. The molecule has 0 aliphatic heterocycles. The molecule has 4 N–H and O–H groups in total. The number of para-hydroxylation sites is 1. The highest BCUT2D eigenvalue weighted by Gasteiger charge is 2.28. The lowest BCUT2D eigenvalue weighted by molar-refractivity contribution is -0.119. The van der Waals surface area contributed by atoms with E-state index < -0.39 is 0 Å². The van der Waals surface area contributed by atoms with Crippen molar-refractivity contribution in [3.05, 3.63) is 18.2 Å². The Hall–Kier alpha value is -1.95. The Balaban J connectivity index is 1.80. The van der Waals surface area contributed by atoms with Crippen LogP contribution in [0, 0.1) is 5.92 Å². The molecule has 0 spiro atoms. The zero-order valence-electron chi connectivity index (χ0n) is 9.89. The summed E-state index contributed by atoms with van der Waals surface area (Å²) in [6, 6.07) is 5.68. The number of anilines is 1. The Labute approximate surface area is 104 Å². The molecule has 1 saturated carbocycles. The number of hydrogen-bond acceptors (Lipinski definition) is 4. The largest absolute Gasteiger partial charge is 0.328 e. The first kappa shape index (κ1) is 11.2. The summed E-state index contributed by atoms with van der Waals surface area (Å²) in [5, 5.41) is 13.5. The van der Waals surface area contributed by atoms with E-state index in [1.165, 1.54) is 0 Å². The predicted octanol–water partition coefficient (Wildman–Crippen LogP) is 1.02. The van der Waals surface area contributed by atoms with Gasteiger partial charge in [0.1, 0.15) is 11.0 Å². The van der Waals surface area contributed by atoms with Crippen LogP contribution in [-0.2, 0) is 4.79 Å². The maximum Gasteiger partial charge on any atom is 0.227 e. The van der Waals surface area contributed by atoms with Crippen LogP contribution in [0.1, 0.15) is 19.3 Å². The zero-order valence-corrected chi connectivity index (χ0v) is 9.89. The molecule has 2 atom stereocenters.